The number of hydrogen-bond acceptors (Lipinski definition) is 3. The molecule has 2 rings (SSSR count). The third kappa shape index (κ3) is 7.42. The van der Waals surface area contributed by atoms with Crippen molar-refractivity contribution in [2.24, 2.45) is 11.8 Å². The number of nitrogens with two attached hydrogens (primary N) is 1. The van der Waals surface area contributed by atoms with Crippen molar-refractivity contribution in [1.82, 2.24) is 10.2 Å². The van der Waals surface area contributed by atoms with Crippen LogP contribution in [0.15, 0.2) is 24.3 Å². The number of nitrogens with one attached hydrogen (secondary N) is 1. The van der Waals surface area contributed by atoms with Crippen LogP contribution in [-0.4, -0.2) is 37.0 Å². The van der Waals surface area contributed by atoms with Crippen molar-refractivity contribution >= 4 is 36.4 Å². The number of halogens is 2. The van der Waals surface area contributed by atoms with E-state index in [1.54, 1.807) is 24.3 Å². The summed E-state index contributed by atoms with van der Waals surface area (Å²) < 4.78 is 0. The maximum atomic E-state index is 12.0. The van der Waals surface area contributed by atoms with Gasteiger partial charge in [-0.05, 0) is 49.4 Å². The van der Waals surface area contributed by atoms with Crippen molar-refractivity contribution in [3.63, 3.8) is 0 Å². The Balaban J connectivity index is 0.00000242. The highest BCUT2D eigenvalue weighted by molar-refractivity contribution is 5.94. The topological polar surface area (TPSA) is 58.4 Å². The Hall–Kier alpha value is -0.970. The molecule has 3 N–H and O–H groups in total. The lowest BCUT2D eigenvalue weighted by Crippen LogP contribution is -2.40. The van der Waals surface area contributed by atoms with Crippen LogP contribution in [0.25, 0.3) is 0 Å². The van der Waals surface area contributed by atoms with Gasteiger partial charge in [0, 0.05) is 30.9 Å². The molecule has 0 radical (unpaired) electrons. The molecule has 132 valence electrons. The summed E-state index contributed by atoms with van der Waals surface area (Å²) in [5.74, 6) is 1.54. The van der Waals surface area contributed by atoms with E-state index in [1.807, 2.05) is 0 Å². The first-order valence-corrected chi connectivity index (χ1v) is 7.90. The van der Waals surface area contributed by atoms with Gasteiger partial charge in [-0.15, -0.1) is 24.8 Å². The molecule has 0 bridgehead atoms. The number of carbonyl (C=O) groups is 1. The molecule has 4 nitrogen and oxygen atoms in total. The highest BCUT2D eigenvalue weighted by Crippen LogP contribution is 2.20. The minimum Gasteiger partial charge on any atom is -0.399 e. The normalized spacial score (nSPS) is 21.0. The van der Waals surface area contributed by atoms with E-state index >= 15 is 0 Å². The van der Waals surface area contributed by atoms with Crippen LogP contribution in [0.4, 0.5) is 5.69 Å². The average Bonchev–Trinajstić information content (AvgIpc) is 2.42. The van der Waals surface area contributed by atoms with Gasteiger partial charge in [0.25, 0.3) is 5.91 Å². The molecule has 0 spiro atoms. The number of nitrogens with zero attached hydrogens (tertiary/aromatic N) is 1. The first-order chi connectivity index (χ1) is 10.0. The maximum Gasteiger partial charge on any atom is 0.251 e. The third-order valence-electron chi connectivity index (χ3n) is 4.03. The standard InChI is InChI=1S/C17H27N3O.2ClH/c1-13-9-14(2)12-20(11-13)8-4-7-19-17(21)15-5-3-6-16(18)10-15;;/h3,5-6,10,13-14H,4,7-9,11-12,18H2,1-2H3,(H,19,21);2*1H. The van der Waals surface area contributed by atoms with Crippen LogP contribution in [-0.2, 0) is 0 Å². The second kappa shape index (κ2) is 10.7. The van der Waals surface area contributed by atoms with Gasteiger partial charge in [0.2, 0.25) is 0 Å². The van der Waals surface area contributed by atoms with Crippen molar-refractivity contribution < 1.29 is 4.79 Å². The zero-order valence-electron chi connectivity index (χ0n) is 14.0. The Kier molecular flexibility index (Phi) is 10.3. The van der Waals surface area contributed by atoms with Gasteiger partial charge in [-0.1, -0.05) is 19.9 Å². The first kappa shape index (κ1) is 22.0. The van der Waals surface area contributed by atoms with Gasteiger partial charge in [0.05, 0.1) is 0 Å². The highest BCUT2D eigenvalue weighted by Gasteiger charge is 2.21. The van der Waals surface area contributed by atoms with E-state index in [0.29, 0.717) is 17.8 Å². The molecule has 2 atom stereocenters. The molecule has 1 aliphatic rings. The van der Waals surface area contributed by atoms with Crippen LogP contribution in [0.2, 0.25) is 0 Å². The third-order valence-corrected chi connectivity index (χ3v) is 4.03. The Morgan fingerprint density at radius 1 is 1.26 bits per heavy atom. The summed E-state index contributed by atoms with van der Waals surface area (Å²) in [4.78, 5) is 14.5. The minimum atomic E-state index is -0.0392. The average molecular weight is 362 g/mol. The van der Waals surface area contributed by atoms with Crippen molar-refractivity contribution in [1.29, 1.82) is 0 Å². The molecule has 0 saturated carbocycles. The van der Waals surface area contributed by atoms with Crippen LogP contribution in [0.5, 0.6) is 0 Å². The fourth-order valence-corrected chi connectivity index (χ4v) is 3.26. The summed E-state index contributed by atoms with van der Waals surface area (Å²) in [5, 5.41) is 2.97. The van der Waals surface area contributed by atoms with Gasteiger partial charge in [-0.2, -0.15) is 0 Å². The number of nitrogen functional groups attached to an aromatic ring is 1. The van der Waals surface area contributed by atoms with E-state index in [9.17, 15) is 4.79 Å². The molecular formula is C17H29Cl2N3O. The molecule has 1 aliphatic heterocycles. The molecule has 1 heterocycles. The predicted octanol–water partition coefficient (Wildman–Crippen LogP) is 3.21. The summed E-state index contributed by atoms with van der Waals surface area (Å²) in [6.45, 7) is 8.80. The molecule has 0 aromatic heterocycles. The summed E-state index contributed by atoms with van der Waals surface area (Å²) in [6.07, 6.45) is 2.33. The number of anilines is 1. The van der Waals surface area contributed by atoms with Crippen LogP contribution in [0.3, 0.4) is 0 Å². The molecule has 1 aromatic carbocycles. The van der Waals surface area contributed by atoms with E-state index in [-0.39, 0.29) is 30.7 Å². The van der Waals surface area contributed by atoms with Crippen LogP contribution >= 0.6 is 24.8 Å². The largest absolute Gasteiger partial charge is 0.399 e. The lowest BCUT2D eigenvalue weighted by Gasteiger charge is -2.34. The Bertz CT molecular complexity index is 475. The zero-order chi connectivity index (χ0) is 15.2. The molecular weight excluding hydrogens is 333 g/mol. The Labute approximate surface area is 152 Å². The monoisotopic (exact) mass is 361 g/mol. The second-order valence-electron chi connectivity index (χ2n) is 6.44. The molecule has 1 amide bonds. The van der Waals surface area contributed by atoms with Gasteiger partial charge in [-0.3, -0.25) is 4.79 Å². The molecule has 1 aromatic rings. The molecule has 1 saturated heterocycles. The fraction of sp³-hybridized carbons (Fsp3) is 0.588. The van der Waals surface area contributed by atoms with Gasteiger partial charge in [0.1, 0.15) is 0 Å². The second-order valence-corrected chi connectivity index (χ2v) is 6.44. The van der Waals surface area contributed by atoms with Crippen LogP contribution < -0.4 is 11.1 Å². The van der Waals surface area contributed by atoms with Crippen molar-refractivity contribution in [3.05, 3.63) is 29.8 Å². The minimum absolute atomic E-state index is 0. The summed E-state index contributed by atoms with van der Waals surface area (Å²) in [6, 6.07) is 7.10. The maximum absolute atomic E-state index is 12.0. The zero-order valence-corrected chi connectivity index (χ0v) is 15.6. The van der Waals surface area contributed by atoms with Crippen molar-refractivity contribution in [3.8, 4) is 0 Å². The van der Waals surface area contributed by atoms with Gasteiger partial charge >= 0.3 is 0 Å². The lowest BCUT2D eigenvalue weighted by atomic mass is 9.92. The highest BCUT2D eigenvalue weighted by atomic mass is 35.5. The van der Waals surface area contributed by atoms with E-state index < -0.39 is 0 Å². The molecule has 0 aliphatic carbocycles. The van der Waals surface area contributed by atoms with E-state index in [2.05, 4.69) is 24.1 Å². The first-order valence-electron chi connectivity index (χ1n) is 7.90. The predicted molar refractivity (Wildman–Crippen MR) is 102 cm³/mol. The van der Waals surface area contributed by atoms with E-state index in [4.69, 9.17) is 5.73 Å². The molecule has 6 heteroatoms. The van der Waals surface area contributed by atoms with Crippen LogP contribution in [0, 0.1) is 11.8 Å². The number of benzene rings is 1. The summed E-state index contributed by atoms with van der Waals surface area (Å²) >= 11 is 0. The summed E-state index contributed by atoms with van der Waals surface area (Å²) in [5.41, 5.74) is 6.95. The van der Waals surface area contributed by atoms with Gasteiger partial charge < -0.3 is 16.0 Å². The number of piperidine rings is 1. The van der Waals surface area contributed by atoms with E-state index in [1.165, 1.54) is 19.5 Å². The SMILES string of the molecule is CC1CC(C)CN(CCCNC(=O)c2cccc(N)c2)C1.Cl.Cl. The number of rotatable bonds is 5. The smallest absolute Gasteiger partial charge is 0.251 e. The fourth-order valence-electron chi connectivity index (χ4n) is 3.26. The molecule has 23 heavy (non-hydrogen) atoms. The van der Waals surface area contributed by atoms with Gasteiger partial charge in [0.15, 0.2) is 0 Å². The van der Waals surface area contributed by atoms with Gasteiger partial charge in [-0.25, -0.2) is 0 Å². The Morgan fingerprint density at radius 2 is 1.91 bits per heavy atom. The van der Waals surface area contributed by atoms with E-state index in [0.717, 1.165) is 24.8 Å². The number of hydrogen-bond donors (Lipinski definition) is 2. The number of likely N-dealkylation sites (tertiary alicyclic amines) is 1. The number of carbonyl (C=O) groups excluding carboxylic acids is 1. The lowest BCUT2D eigenvalue weighted by molar-refractivity contribution is 0.0947. The Morgan fingerprint density at radius 3 is 2.52 bits per heavy atom. The van der Waals surface area contributed by atoms with Crippen molar-refractivity contribution in [2.45, 2.75) is 26.7 Å². The quantitative estimate of drug-likeness (QED) is 0.625. The van der Waals surface area contributed by atoms with Crippen LogP contribution in [0.1, 0.15) is 37.0 Å². The molecule has 2 unspecified atom stereocenters. The van der Waals surface area contributed by atoms with Crippen molar-refractivity contribution in [2.75, 3.05) is 31.9 Å². The summed E-state index contributed by atoms with van der Waals surface area (Å²) in [7, 11) is 0. The number of amides is 1. The molecule has 1 fully saturated rings.